The Kier molecular flexibility index (Phi) is 61.6. The predicted molar refractivity (Wildman–Crippen MR) is 372 cm³/mol. The molecule has 0 aliphatic carbocycles. The van der Waals surface area contributed by atoms with Gasteiger partial charge in [0.25, 0.3) is 0 Å². The Morgan fingerprint density at radius 3 is 0.967 bits per heavy atom. The normalized spacial score (nSPS) is 14.6. The van der Waals surface area contributed by atoms with Crippen LogP contribution in [0.5, 0.6) is 0 Å². The van der Waals surface area contributed by atoms with Crippen molar-refractivity contribution in [2.45, 2.75) is 362 Å². The number of hydrogen-bond acceptors (Lipinski definition) is 15. The fourth-order valence-corrected chi connectivity index (χ4v) is 12.1. The maximum Gasteiger partial charge on any atom is 0.472 e. The number of aliphatic hydroxyl groups excluding tert-OH is 1. The van der Waals surface area contributed by atoms with E-state index in [1.165, 1.54) is 128 Å². The van der Waals surface area contributed by atoms with E-state index in [2.05, 4.69) is 72.8 Å². The molecule has 92 heavy (non-hydrogen) atoms. The van der Waals surface area contributed by atoms with Gasteiger partial charge in [0, 0.05) is 25.7 Å². The summed E-state index contributed by atoms with van der Waals surface area (Å²) in [5.41, 5.74) is 0. The number of ether oxygens (including phenoxy) is 4. The summed E-state index contributed by atoms with van der Waals surface area (Å²) in [6, 6.07) is 0. The highest BCUT2D eigenvalue weighted by Gasteiger charge is 2.30. The standard InChI is InChI=1S/C73H138O17P2/c1-8-10-11-12-13-14-15-16-17-20-23-26-32-40-47-54-70(75)83-60-68(90-73(78)57-50-43-34-29-28-31-38-45-52-65(5)6)62-87-91(79,80)85-58-67(74)59-86-92(81,82)88-63-69(61-84-71(76)55-48-41-36-35-39-46-53-66(7)9-2)89-72(77)56-49-42-33-27-24-21-18-19-22-25-30-37-44-51-64(3)4/h14-17,64-69,74H,8-13,18-63H2,1-7H3,(H,79,80)(H,81,82)/b15-14-,17-16-/t66?,67-,68-,69-/m1/s1. The van der Waals surface area contributed by atoms with Gasteiger partial charge < -0.3 is 33.8 Å². The van der Waals surface area contributed by atoms with Crippen molar-refractivity contribution in [2.24, 2.45) is 17.8 Å². The van der Waals surface area contributed by atoms with E-state index in [1.807, 2.05) is 0 Å². The SMILES string of the molecule is CCCCCC/C=C\C=C/CCCCCCCC(=O)OC[C@H](COP(=O)(O)OC[C@@H](O)COP(=O)(O)OC[C@@H](COC(=O)CCCCCCCCC(C)CC)OC(=O)CCCCCCCCCCCCCCCC(C)C)OC(=O)CCCCCCCCCCC(C)C. The van der Waals surface area contributed by atoms with Crippen molar-refractivity contribution in [3.63, 3.8) is 0 Å². The zero-order valence-corrected chi connectivity index (χ0v) is 61.3. The molecule has 0 saturated carbocycles. The summed E-state index contributed by atoms with van der Waals surface area (Å²) in [7, 11) is -9.92. The molecule has 542 valence electrons. The van der Waals surface area contributed by atoms with Gasteiger partial charge >= 0.3 is 39.5 Å². The first-order valence-electron chi connectivity index (χ1n) is 37.2. The topological polar surface area (TPSA) is 237 Å². The van der Waals surface area contributed by atoms with Crippen LogP contribution in [-0.2, 0) is 65.4 Å². The van der Waals surface area contributed by atoms with E-state index in [9.17, 15) is 43.2 Å². The van der Waals surface area contributed by atoms with E-state index in [0.29, 0.717) is 31.6 Å². The second-order valence-electron chi connectivity index (χ2n) is 26.8. The van der Waals surface area contributed by atoms with Crippen LogP contribution in [-0.4, -0.2) is 96.7 Å². The van der Waals surface area contributed by atoms with Gasteiger partial charge in [-0.25, -0.2) is 9.13 Å². The molecule has 0 aliphatic heterocycles. The molecule has 0 radical (unpaired) electrons. The van der Waals surface area contributed by atoms with Gasteiger partial charge in [-0.05, 0) is 69.1 Å². The Balaban J connectivity index is 5.27. The molecule has 0 aromatic heterocycles. The van der Waals surface area contributed by atoms with Gasteiger partial charge in [0.05, 0.1) is 26.4 Å². The zero-order valence-electron chi connectivity index (χ0n) is 59.5. The maximum atomic E-state index is 13.0. The van der Waals surface area contributed by atoms with Crippen LogP contribution in [0.3, 0.4) is 0 Å². The number of unbranched alkanes of at least 4 members (excludes halogenated alkanes) is 33. The van der Waals surface area contributed by atoms with E-state index in [4.69, 9.17) is 37.0 Å². The third-order valence-electron chi connectivity index (χ3n) is 16.6. The lowest BCUT2D eigenvalue weighted by molar-refractivity contribution is -0.161. The third kappa shape index (κ3) is 64.9. The van der Waals surface area contributed by atoms with E-state index in [-0.39, 0.29) is 25.7 Å². The smallest absolute Gasteiger partial charge is 0.462 e. The first-order valence-corrected chi connectivity index (χ1v) is 40.2. The molecule has 0 amide bonds. The average molecular weight is 1350 g/mol. The zero-order chi connectivity index (χ0) is 68.0. The Morgan fingerprint density at radius 1 is 0.359 bits per heavy atom. The Labute approximate surface area is 561 Å². The van der Waals surface area contributed by atoms with Crippen molar-refractivity contribution in [1.82, 2.24) is 0 Å². The number of aliphatic hydroxyl groups is 1. The maximum absolute atomic E-state index is 13.0. The highest BCUT2D eigenvalue weighted by Crippen LogP contribution is 2.45. The molecule has 6 atom stereocenters. The molecular weight excluding hydrogens is 1210 g/mol. The van der Waals surface area contributed by atoms with Gasteiger partial charge in [-0.3, -0.25) is 37.3 Å². The van der Waals surface area contributed by atoms with Crippen LogP contribution in [0.4, 0.5) is 0 Å². The predicted octanol–water partition coefficient (Wildman–Crippen LogP) is 20.6. The van der Waals surface area contributed by atoms with Crippen LogP contribution in [0.25, 0.3) is 0 Å². The van der Waals surface area contributed by atoms with Crippen molar-refractivity contribution in [3.05, 3.63) is 24.3 Å². The minimum atomic E-state index is -4.96. The van der Waals surface area contributed by atoms with Crippen LogP contribution < -0.4 is 0 Å². The molecule has 0 fully saturated rings. The molecule has 0 rings (SSSR count). The highest BCUT2D eigenvalue weighted by atomic mass is 31.2. The minimum Gasteiger partial charge on any atom is -0.462 e. The van der Waals surface area contributed by atoms with E-state index >= 15 is 0 Å². The number of rotatable bonds is 69. The van der Waals surface area contributed by atoms with E-state index in [0.717, 1.165) is 127 Å². The molecule has 3 unspecified atom stereocenters. The van der Waals surface area contributed by atoms with Gasteiger partial charge in [-0.2, -0.15) is 0 Å². The Hall–Kier alpha value is -2.46. The van der Waals surface area contributed by atoms with Gasteiger partial charge in [0.2, 0.25) is 0 Å². The van der Waals surface area contributed by atoms with Crippen LogP contribution >= 0.6 is 15.6 Å². The fraction of sp³-hybridized carbons (Fsp3) is 0.890. The number of allylic oxidation sites excluding steroid dienone is 4. The molecule has 0 aromatic rings. The van der Waals surface area contributed by atoms with Gasteiger partial charge in [-0.1, -0.05) is 291 Å². The number of carbonyl (C=O) groups is 4. The third-order valence-corrected chi connectivity index (χ3v) is 18.5. The van der Waals surface area contributed by atoms with Crippen LogP contribution in [0.1, 0.15) is 344 Å². The molecule has 0 bridgehead atoms. The molecule has 0 spiro atoms. The van der Waals surface area contributed by atoms with Gasteiger partial charge in [-0.15, -0.1) is 0 Å². The summed E-state index contributed by atoms with van der Waals surface area (Å²) in [6.07, 6.45) is 50.8. The fourth-order valence-electron chi connectivity index (χ4n) is 10.5. The highest BCUT2D eigenvalue weighted by molar-refractivity contribution is 7.47. The summed E-state index contributed by atoms with van der Waals surface area (Å²) in [6.45, 7) is 11.7. The first kappa shape index (κ1) is 89.5. The van der Waals surface area contributed by atoms with E-state index < -0.39 is 97.5 Å². The summed E-state index contributed by atoms with van der Waals surface area (Å²) in [5.74, 6) is 0.0740. The molecule has 0 aromatic carbocycles. The summed E-state index contributed by atoms with van der Waals surface area (Å²) in [4.78, 5) is 72.6. The number of hydrogen-bond donors (Lipinski definition) is 3. The molecule has 19 heteroatoms. The summed E-state index contributed by atoms with van der Waals surface area (Å²) >= 11 is 0. The lowest BCUT2D eigenvalue weighted by atomic mass is 10.00. The van der Waals surface area contributed by atoms with Gasteiger partial charge in [0.1, 0.15) is 19.3 Å². The second kappa shape index (κ2) is 63.3. The second-order valence-corrected chi connectivity index (χ2v) is 29.7. The largest absolute Gasteiger partial charge is 0.472 e. The molecule has 17 nitrogen and oxygen atoms in total. The molecule has 0 saturated heterocycles. The lowest BCUT2D eigenvalue weighted by Crippen LogP contribution is -2.30. The minimum absolute atomic E-state index is 0.0972. The molecular formula is C73H138O17P2. The number of carbonyl (C=O) groups excluding carboxylic acids is 4. The quantitative estimate of drug-likeness (QED) is 0.0169. The van der Waals surface area contributed by atoms with Crippen molar-refractivity contribution >= 4 is 39.5 Å². The number of phosphoric acid groups is 2. The van der Waals surface area contributed by atoms with Gasteiger partial charge in [0.15, 0.2) is 12.2 Å². The number of esters is 4. The van der Waals surface area contributed by atoms with E-state index in [1.54, 1.807) is 0 Å². The van der Waals surface area contributed by atoms with Crippen molar-refractivity contribution in [3.8, 4) is 0 Å². The number of phosphoric ester groups is 2. The van der Waals surface area contributed by atoms with Crippen molar-refractivity contribution < 1.29 is 80.2 Å². The van der Waals surface area contributed by atoms with Crippen molar-refractivity contribution in [2.75, 3.05) is 39.6 Å². The first-order chi connectivity index (χ1) is 44.3. The lowest BCUT2D eigenvalue weighted by Gasteiger charge is -2.21. The average Bonchev–Trinajstić information content (AvgIpc) is 2.73. The molecule has 0 aliphatic rings. The molecule has 3 N–H and O–H groups in total. The summed E-state index contributed by atoms with van der Waals surface area (Å²) in [5, 5.41) is 10.6. The molecule has 0 heterocycles. The van der Waals surface area contributed by atoms with Crippen LogP contribution in [0.15, 0.2) is 24.3 Å². The monoisotopic (exact) mass is 1350 g/mol. The summed E-state index contributed by atoms with van der Waals surface area (Å²) < 4.78 is 68.3. The van der Waals surface area contributed by atoms with Crippen LogP contribution in [0.2, 0.25) is 0 Å². The Morgan fingerprint density at radius 2 is 0.641 bits per heavy atom. The van der Waals surface area contributed by atoms with Crippen LogP contribution in [0, 0.1) is 17.8 Å². The Bertz CT molecular complexity index is 1900. The van der Waals surface area contributed by atoms with Crippen molar-refractivity contribution in [1.29, 1.82) is 0 Å².